The van der Waals surface area contributed by atoms with Crippen molar-refractivity contribution in [2.24, 2.45) is 11.1 Å². The number of likely N-dealkylation sites (N-methyl/N-ethyl adjacent to an activating group) is 1. The number of carbonyl (C=O) groups excluding carboxylic acids is 1. The van der Waals surface area contributed by atoms with Gasteiger partial charge in [-0.2, -0.15) is 0 Å². The fourth-order valence-electron chi connectivity index (χ4n) is 3.42. The quantitative estimate of drug-likeness (QED) is 0.778. The maximum absolute atomic E-state index is 12.9. The summed E-state index contributed by atoms with van der Waals surface area (Å²) in [6.07, 6.45) is 3.77. The lowest BCUT2D eigenvalue weighted by molar-refractivity contribution is -0.142. The van der Waals surface area contributed by atoms with Gasteiger partial charge in [-0.1, -0.05) is 25.1 Å². The molecule has 2 unspecified atom stereocenters. The number of amides is 1. The average molecular weight is 283 g/mol. The smallest absolute Gasteiger partial charge is 0.235 e. The highest BCUT2D eigenvalue weighted by Gasteiger charge is 2.47. The minimum Gasteiger partial charge on any atom is -0.392 e. The molecule has 2 fully saturated rings. The minimum absolute atomic E-state index is 0.171. The van der Waals surface area contributed by atoms with Crippen LogP contribution < -0.4 is 5.73 Å². The van der Waals surface area contributed by atoms with Crippen molar-refractivity contribution in [2.75, 3.05) is 20.1 Å². The van der Waals surface area contributed by atoms with E-state index in [-0.39, 0.29) is 5.91 Å². The Balaban J connectivity index is 2.17. The molecule has 1 heterocycles. The first-order valence-electron chi connectivity index (χ1n) is 7.19. The van der Waals surface area contributed by atoms with Gasteiger partial charge in [0.05, 0.1) is 10.4 Å². The monoisotopic (exact) mass is 283 g/mol. The summed E-state index contributed by atoms with van der Waals surface area (Å²) >= 11 is 5.21. The third-order valence-electron chi connectivity index (χ3n) is 4.99. The zero-order valence-corrected chi connectivity index (χ0v) is 13.0. The Bertz CT molecular complexity index is 367. The second-order valence-electron chi connectivity index (χ2n) is 6.23. The predicted molar refractivity (Wildman–Crippen MR) is 81.0 cm³/mol. The normalized spacial score (nSPS) is 31.4. The first kappa shape index (κ1) is 14.7. The Labute approximate surface area is 121 Å². The van der Waals surface area contributed by atoms with Crippen LogP contribution in [0, 0.1) is 5.41 Å². The van der Waals surface area contributed by atoms with Gasteiger partial charge < -0.3 is 10.6 Å². The standard InChI is InChI=1S/C14H25N3OS/c1-10-8-17(9-11(2)16(10)3)13(18)14(12(15)19)6-4-5-7-14/h10-11H,4-9H2,1-3H3,(H2,15,19). The third kappa shape index (κ3) is 2.50. The maximum atomic E-state index is 12.9. The number of nitrogens with zero attached hydrogens (tertiary/aromatic N) is 2. The van der Waals surface area contributed by atoms with Crippen molar-refractivity contribution in [3.8, 4) is 0 Å². The Kier molecular flexibility index (Phi) is 4.16. The van der Waals surface area contributed by atoms with Crippen LogP contribution in [0.1, 0.15) is 39.5 Å². The Morgan fingerprint density at radius 2 is 1.68 bits per heavy atom. The molecule has 2 rings (SSSR count). The van der Waals surface area contributed by atoms with Crippen LogP contribution in [-0.2, 0) is 4.79 Å². The molecular weight excluding hydrogens is 258 g/mol. The Hall–Kier alpha value is -0.680. The first-order chi connectivity index (χ1) is 8.88. The number of hydrogen-bond acceptors (Lipinski definition) is 3. The predicted octanol–water partition coefficient (Wildman–Crippen LogP) is 1.38. The highest BCUT2D eigenvalue weighted by molar-refractivity contribution is 7.80. The zero-order valence-electron chi connectivity index (χ0n) is 12.2. The van der Waals surface area contributed by atoms with E-state index < -0.39 is 5.41 Å². The number of piperazine rings is 1. The van der Waals surface area contributed by atoms with E-state index in [9.17, 15) is 4.79 Å². The van der Waals surface area contributed by atoms with E-state index >= 15 is 0 Å². The molecule has 0 bridgehead atoms. The highest BCUT2D eigenvalue weighted by atomic mass is 32.1. The summed E-state index contributed by atoms with van der Waals surface area (Å²) in [7, 11) is 2.12. The molecule has 4 nitrogen and oxygen atoms in total. The van der Waals surface area contributed by atoms with E-state index in [0.29, 0.717) is 17.1 Å². The first-order valence-corrected chi connectivity index (χ1v) is 7.60. The van der Waals surface area contributed by atoms with Gasteiger partial charge in [-0.3, -0.25) is 9.69 Å². The lowest BCUT2D eigenvalue weighted by Crippen LogP contribution is -2.60. The molecule has 2 N–H and O–H groups in total. The zero-order chi connectivity index (χ0) is 14.2. The van der Waals surface area contributed by atoms with Crippen LogP contribution in [0.5, 0.6) is 0 Å². The molecular formula is C14H25N3OS. The van der Waals surface area contributed by atoms with E-state index in [1.54, 1.807) is 0 Å². The lowest BCUT2D eigenvalue weighted by atomic mass is 9.84. The molecule has 1 saturated carbocycles. The second-order valence-corrected chi connectivity index (χ2v) is 6.67. The van der Waals surface area contributed by atoms with E-state index in [4.69, 9.17) is 18.0 Å². The largest absolute Gasteiger partial charge is 0.392 e. The highest BCUT2D eigenvalue weighted by Crippen LogP contribution is 2.40. The summed E-state index contributed by atoms with van der Waals surface area (Å²) < 4.78 is 0. The summed E-state index contributed by atoms with van der Waals surface area (Å²) in [5, 5.41) is 0. The fraction of sp³-hybridized carbons (Fsp3) is 0.857. The topological polar surface area (TPSA) is 49.6 Å². The van der Waals surface area contributed by atoms with Gasteiger partial charge in [0.15, 0.2) is 0 Å². The number of hydrogen-bond donors (Lipinski definition) is 1. The molecule has 2 aliphatic rings. The summed E-state index contributed by atoms with van der Waals surface area (Å²) in [6, 6.07) is 0.773. The van der Waals surface area contributed by atoms with Crippen LogP contribution in [0.25, 0.3) is 0 Å². The molecule has 0 spiro atoms. The van der Waals surface area contributed by atoms with Crippen molar-refractivity contribution in [1.29, 1.82) is 0 Å². The SMILES string of the molecule is CC1CN(C(=O)C2(C(N)=S)CCCC2)CC(C)N1C. The van der Waals surface area contributed by atoms with E-state index in [1.807, 2.05) is 4.90 Å². The van der Waals surface area contributed by atoms with Gasteiger partial charge in [0.1, 0.15) is 0 Å². The molecule has 0 aromatic carbocycles. The van der Waals surface area contributed by atoms with Gasteiger partial charge in [0.25, 0.3) is 0 Å². The van der Waals surface area contributed by atoms with E-state index in [0.717, 1.165) is 38.8 Å². The number of nitrogens with two attached hydrogens (primary N) is 1. The third-order valence-corrected chi connectivity index (χ3v) is 5.38. The molecule has 0 aromatic rings. The summed E-state index contributed by atoms with van der Waals surface area (Å²) in [6.45, 7) is 5.89. The summed E-state index contributed by atoms with van der Waals surface area (Å²) in [5.41, 5.74) is 5.36. The van der Waals surface area contributed by atoms with Crippen molar-refractivity contribution < 1.29 is 4.79 Å². The van der Waals surface area contributed by atoms with Crippen molar-refractivity contribution in [3.05, 3.63) is 0 Å². The summed E-state index contributed by atoms with van der Waals surface area (Å²) in [4.78, 5) is 17.6. The number of rotatable bonds is 2. The van der Waals surface area contributed by atoms with Crippen molar-refractivity contribution in [2.45, 2.75) is 51.6 Å². The molecule has 0 radical (unpaired) electrons. The number of thiocarbonyl (C=S) groups is 1. The van der Waals surface area contributed by atoms with Crippen LogP contribution in [0.15, 0.2) is 0 Å². The van der Waals surface area contributed by atoms with E-state index in [1.165, 1.54) is 0 Å². The molecule has 0 aromatic heterocycles. The molecule has 1 aliphatic heterocycles. The van der Waals surface area contributed by atoms with Crippen LogP contribution >= 0.6 is 12.2 Å². The number of carbonyl (C=O) groups is 1. The Morgan fingerprint density at radius 3 is 2.11 bits per heavy atom. The fourth-order valence-corrected chi connectivity index (χ4v) is 3.71. The van der Waals surface area contributed by atoms with Crippen molar-refractivity contribution >= 4 is 23.1 Å². The van der Waals surface area contributed by atoms with Crippen LogP contribution in [0.3, 0.4) is 0 Å². The molecule has 2 atom stereocenters. The van der Waals surface area contributed by atoms with Gasteiger partial charge in [0, 0.05) is 25.2 Å². The van der Waals surface area contributed by atoms with Crippen molar-refractivity contribution in [3.63, 3.8) is 0 Å². The Morgan fingerprint density at radius 1 is 1.21 bits per heavy atom. The maximum Gasteiger partial charge on any atom is 0.235 e. The second kappa shape index (κ2) is 5.37. The molecule has 1 aliphatic carbocycles. The van der Waals surface area contributed by atoms with Crippen LogP contribution in [0.4, 0.5) is 0 Å². The average Bonchev–Trinajstić information content (AvgIpc) is 2.85. The van der Waals surface area contributed by atoms with E-state index in [2.05, 4.69) is 25.8 Å². The lowest BCUT2D eigenvalue weighted by Gasteiger charge is -2.45. The van der Waals surface area contributed by atoms with Crippen LogP contribution in [0.2, 0.25) is 0 Å². The van der Waals surface area contributed by atoms with Crippen LogP contribution in [-0.4, -0.2) is 52.9 Å². The molecule has 1 saturated heterocycles. The molecule has 108 valence electrons. The van der Waals surface area contributed by atoms with Gasteiger partial charge in [-0.15, -0.1) is 0 Å². The van der Waals surface area contributed by atoms with Gasteiger partial charge in [-0.25, -0.2) is 0 Å². The van der Waals surface area contributed by atoms with Gasteiger partial charge in [0.2, 0.25) is 5.91 Å². The van der Waals surface area contributed by atoms with Crippen molar-refractivity contribution in [1.82, 2.24) is 9.80 Å². The molecule has 1 amide bonds. The summed E-state index contributed by atoms with van der Waals surface area (Å²) in [5.74, 6) is 0.171. The van der Waals surface area contributed by atoms with Gasteiger partial charge in [-0.05, 0) is 33.7 Å². The molecule has 19 heavy (non-hydrogen) atoms. The van der Waals surface area contributed by atoms with Gasteiger partial charge >= 0.3 is 0 Å². The minimum atomic E-state index is -0.551. The molecule has 5 heteroatoms.